The lowest BCUT2D eigenvalue weighted by molar-refractivity contribution is -0.271. The van der Waals surface area contributed by atoms with Crippen LogP contribution in [0.5, 0.6) is 5.75 Å². The van der Waals surface area contributed by atoms with E-state index in [0.29, 0.717) is 49.7 Å². The van der Waals surface area contributed by atoms with E-state index in [1.54, 1.807) is 12.2 Å². The molecular weight excluding hydrogens is 1020 g/mol. The molecule has 3 amide bonds. The van der Waals surface area contributed by atoms with E-state index in [-0.39, 0.29) is 67.6 Å². The van der Waals surface area contributed by atoms with E-state index in [2.05, 4.69) is 27.7 Å². The Hall–Kier alpha value is -5.70. The molecule has 4 saturated heterocycles. The molecule has 422 valence electrons. The maximum atomic E-state index is 14.1. The lowest BCUT2D eigenvalue weighted by Gasteiger charge is -2.59. The molecule has 0 unspecified atom stereocenters. The Kier molecular flexibility index (Phi) is 15.3. The summed E-state index contributed by atoms with van der Waals surface area (Å²) >= 11 is 0. The number of alkyl carbamates (subject to hydrolysis) is 1. The van der Waals surface area contributed by atoms with Gasteiger partial charge in [-0.2, -0.15) is 0 Å². The van der Waals surface area contributed by atoms with Crippen LogP contribution in [-0.4, -0.2) is 152 Å². The number of carbonyl (C=O) groups is 6. The fraction of sp³-hybridized carbons (Fsp3) is 0.600. The van der Waals surface area contributed by atoms with Crippen molar-refractivity contribution >= 4 is 41.1 Å². The largest absolute Gasteiger partial charge is 0.479 e. The molecule has 11 N–H and O–H groups in total. The number of benzene rings is 2. The van der Waals surface area contributed by atoms with Gasteiger partial charge >= 0.3 is 12.1 Å². The van der Waals surface area contributed by atoms with Gasteiger partial charge < -0.3 is 75.0 Å². The minimum Gasteiger partial charge on any atom is -0.479 e. The third-order valence-corrected chi connectivity index (χ3v) is 18.3. The van der Waals surface area contributed by atoms with Gasteiger partial charge in [-0.3, -0.25) is 24.0 Å². The summed E-state index contributed by atoms with van der Waals surface area (Å²) in [6.45, 7) is 2.80. The third-order valence-electron chi connectivity index (χ3n) is 18.3. The number of carboxylic acid groups (broad SMARTS) is 1. The Morgan fingerprint density at radius 1 is 0.910 bits per heavy atom. The summed E-state index contributed by atoms with van der Waals surface area (Å²) in [4.78, 5) is 80.5. The number of aliphatic hydroxyl groups is 5. The first-order valence-electron chi connectivity index (χ1n) is 26.5. The number of carboxylic acids is 1. The molecule has 0 aromatic heterocycles. The SMILES string of the molecule is C[C@]12C=CC(=O)C=C1CC[C@@H]1[C@@H]2[C@@H](O)C[C@@]2(C)[C@H]1C[C@H]1O[C@@H](c3ccc(CC45CCC(NC(=O)OCc6ccc(O[C@@H]7O[C@H](C(=O)O)[C@@H](O)[C@H](O)[C@H]7O)c(NC(=O)CCNC(=O)CON)c6)(CC4)CO5)cc3)O[C@]12C(=O)CO. The highest BCUT2D eigenvalue weighted by Crippen LogP contribution is 2.70. The Bertz CT molecular complexity index is 2730. The number of ether oxygens (including phenoxy) is 6. The zero-order chi connectivity index (χ0) is 55.5. The number of amides is 3. The number of anilines is 1. The quantitative estimate of drug-likeness (QED) is 0.100. The third kappa shape index (κ3) is 9.94. The van der Waals surface area contributed by atoms with Crippen LogP contribution in [0, 0.1) is 28.6 Å². The second kappa shape index (κ2) is 21.4. The van der Waals surface area contributed by atoms with Gasteiger partial charge in [0.05, 0.1) is 35.6 Å². The number of hydrogen-bond acceptors (Lipinski definition) is 19. The molecule has 2 bridgehead atoms. The van der Waals surface area contributed by atoms with Gasteiger partial charge in [0.15, 0.2) is 29.6 Å². The number of allylic oxidation sites excluding steroid dienone is 4. The van der Waals surface area contributed by atoms with E-state index in [9.17, 15) is 59.4 Å². The van der Waals surface area contributed by atoms with Gasteiger partial charge in [0.1, 0.15) is 43.9 Å². The number of nitrogens with one attached hydrogen (secondary N) is 3. The van der Waals surface area contributed by atoms with E-state index in [1.165, 1.54) is 18.2 Å². The molecule has 23 heteroatoms. The van der Waals surface area contributed by atoms with Crippen LogP contribution in [0.15, 0.2) is 66.3 Å². The molecule has 9 aliphatic rings. The summed E-state index contributed by atoms with van der Waals surface area (Å²) in [6.07, 6.45) is -2.17. The van der Waals surface area contributed by atoms with E-state index in [0.717, 1.165) is 24.0 Å². The monoisotopic (exact) mass is 1090 g/mol. The van der Waals surface area contributed by atoms with E-state index in [4.69, 9.17) is 34.3 Å². The summed E-state index contributed by atoms with van der Waals surface area (Å²) in [7, 11) is 0. The number of carbonyl (C=O) groups excluding carboxylic acids is 5. The standard InChI is InChI=1S/C55H68N4O19/c1-51-13-11-32(61)20-31(51)8-9-33-34-21-39-55(38(63)24-60,52(34,2)23-36(62)42(33)51)78-48(76-39)30-6-3-28(4-7-30)22-54-16-14-53(15-17-54,27-73-54)59-50(71)72-25-29-5-10-37(35(19-29)58-40(64)12-18-57-41(65)26-74-56)75-49-45(68)43(66)44(67)46(77-49)47(69)70/h3-7,10-11,13,19-20,33-34,36,39,42-46,48-49,60,62,66-68H,8-9,12,14-18,21-27,56H2,1-2H3,(H,57,65)(H,58,64)(H,59,71)(H,69,70)/t33-,34-,36-,39+,42+,43-,44-,45+,46-,48+,49+,51-,52-,53?,54?,55+/m0/s1. The molecule has 23 nitrogen and oxygen atoms in total. The van der Waals surface area contributed by atoms with Gasteiger partial charge in [-0.1, -0.05) is 55.8 Å². The summed E-state index contributed by atoms with van der Waals surface area (Å²) in [5, 5.41) is 71.1. The van der Waals surface area contributed by atoms with Crippen LogP contribution in [0.1, 0.15) is 94.6 Å². The highest BCUT2D eigenvalue weighted by Gasteiger charge is 2.76. The molecule has 5 aliphatic carbocycles. The van der Waals surface area contributed by atoms with Crippen LogP contribution in [0.4, 0.5) is 10.5 Å². The first-order chi connectivity index (χ1) is 37.2. The fourth-order valence-electron chi connectivity index (χ4n) is 14.4. The number of fused-ring (bicyclic) bond motifs is 10. The second-order valence-corrected chi connectivity index (χ2v) is 22.9. The molecule has 4 aliphatic heterocycles. The molecule has 0 radical (unpaired) electrons. The normalized spacial score (nSPS) is 38.2. The molecule has 2 aromatic rings. The minimum absolute atomic E-state index is 0.0275. The Morgan fingerprint density at radius 2 is 1.65 bits per heavy atom. The van der Waals surface area contributed by atoms with Crippen LogP contribution in [0.2, 0.25) is 0 Å². The van der Waals surface area contributed by atoms with Crippen LogP contribution >= 0.6 is 0 Å². The highest BCUT2D eigenvalue weighted by molar-refractivity contribution is 6.01. The molecule has 0 spiro atoms. The van der Waals surface area contributed by atoms with Gasteiger partial charge in [-0.15, -0.1) is 0 Å². The highest BCUT2D eigenvalue weighted by atomic mass is 16.7. The number of aliphatic carboxylic acids is 1. The number of nitrogens with two attached hydrogens (primary N) is 1. The van der Waals surface area contributed by atoms with Crippen molar-refractivity contribution < 1.29 is 92.7 Å². The number of rotatable bonds is 17. The van der Waals surface area contributed by atoms with Gasteiger partial charge in [0, 0.05) is 41.7 Å². The first kappa shape index (κ1) is 55.6. The Balaban J connectivity index is 0.744. The van der Waals surface area contributed by atoms with Gasteiger partial charge in [-0.25, -0.2) is 15.5 Å². The molecule has 2 aromatic carbocycles. The molecule has 4 saturated carbocycles. The Morgan fingerprint density at radius 3 is 2.35 bits per heavy atom. The molecule has 11 rings (SSSR count). The van der Waals surface area contributed by atoms with Gasteiger partial charge in [-0.05, 0) is 98.6 Å². The van der Waals surface area contributed by atoms with Crippen LogP contribution in [0.3, 0.4) is 0 Å². The van der Waals surface area contributed by atoms with Crippen molar-refractivity contribution in [3.8, 4) is 5.75 Å². The zero-order valence-corrected chi connectivity index (χ0v) is 43.3. The number of Topliss-reactive ketones (excluding diaryl/α,β-unsaturated/α-hetero) is 1. The molecule has 8 fully saturated rings. The average molecular weight is 1090 g/mol. The van der Waals surface area contributed by atoms with Crippen molar-refractivity contribution in [3.63, 3.8) is 0 Å². The predicted molar refractivity (Wildman–Crippen MR) is 268 cm³/mol. The molecule has 4 heterocycles. The fourth-order valence-corrected chi connectivity index (χ4v) is 14.4. The second-order valence-electron chi connectivity index (χ2n) is 22.9. The lowest BCUT2D eigenvalue weighted by atomic mass is 9.46. The summed E-state index contributed by atoms with van der Waals surface area (Å²) in [5.41, 5.74) is -0.852. The maximum absolute atomic E-state index is 14.1. The topological polar surface area (TPSA) is 351 Å². The van der Waals surface area contributed by atoms with Crippen molar-refractivity contribution in [2.24, 2.45) is 34.5 Å². The number of aliphatic hydroxyl groups excluding tert-OH is 5. The number of ketones is 2. The van der Waals surface area contributed by atoms with E-state index < -0.39 is 120 Å². The predicted octanol–water partition coefficient (Wildman–Crippen LogP) is 1.45. The van der Waals surface area contributed by atoms with Gasteiger partial charge in [0.25, 0.3) is 0 Å². The average Bonchev–Trinajstić information content (AvgIpc) is 3.87. The lowest BCUT2D eigenvalue weighted by Crippen LogP contribution is -2.63. The zero-order valence-electron chi connectivity index (χ0n) is 43.3. The summed E-state index contributed by atoms with van der Waals surface area (Å²) in [6, 6.07) is 12.0. The minimum atomic E-state index is -1.97. The van der Waals surface area contributed by atoms with E-state index in [1.807, 2.05) is 37.3 Å². The van der Waals surface area contributed by atoms with Crippen molar-refractivity contribution in [1.29, 1.82) is 0 Å². The Labute approximate surface area is 448 Å². The van der Waals surface area contributed by atoms with Gasteiger partial charge in [0.2, 0.25) is 18.1 Å². The van der Waals surface area contributed by atoms with Crippen LogP contribution in [0.25, 0.3) is 0 Å². The van der Waals surface area contributed by atoms with Crippen molar-refractivity contribution in [1.82, 2.24) is 10.6 Å². The summed E-state index contributed by atoms with van der Waals surface area (Å²) < 4.78 is 36.6. The van der Waals surface area contributed by atoms with Crippen LogP contribution < -0.4 is 26.6 Å². The molecular formula is C55H68N4O19. The molecule has 78 heavy (non-hydrogen) atoms. The summed E-state index contributed by atoms with van der Waals surface area (Å²) in [5.74, 6) is 1.34. The van der Waals surface area contributed by atoms with Crippen LogP contribution in [-0.2, 0) is 65.5 Å². The van der Waals surface area contributed by atoms with Crippen molar-refractivity contribution in [2.75, 3.05) is 31.7 Å². The number of hydrogen-bond donors (Lipinski definition) is 10. The maximum Gasteiger partial charge on any atom is 0.407 e. The molecule has 14 atom stereocenters. The van der Waals surface area contributed by atoms with Crippen molar-refractivity contribution in [2.45, 2.75) is 151 Å². The first-order valence-corrected chi connectivity index (χ1v) is 26.5. The van der Waals surface area contributed by atoms with Crippen molar-refractivity contribution in [3.05, 3.63) is 83.0 Å². The van der Waals surface area contributed by atoms with E-state index >= 15 is 0 Å². The smallest absolute Gasteiger partial charge is 0.407 e.